The van der Waals surface area contributed by atoms with Crippen LogP contribution in [0.5, 0.6) is 0 Å². The molecule has 2 rings (SSSR count). The van der Waals surface area contributed by atoms with Crippen LogP contribution in [0.3, 0.4) is 0 Å². The molecule has 0 spiro atoms. The van der Waals surface area contributed by atoms with E-state index in [2.05, 4.69) is 15.5 Å². The van der Waals surface area contributed by atoms with Crippen molar-refractivity contribution in [2.75, 3.05) is 5.32 Å². The van der Waals surface area contributed by atoms with Gasteiger partial charge in [-0.25, -0.2) is 4.39 Å². The molecule has 0 unspecified atom stereocenters. The van der Waals surface area contributed by atoms with Crippen LogP contribution in [0, 0.1) is 5.82 Å². The molecule has 0 atom stereocenters. The van der Waals surface area contributed by atoms with Crippen LogP contribution in [0.25, 0.3) is 0 Å². The first-order chi connectivity index (χ1) is 8.56. The number of nitrogens with zero attached hydrogens (tertiary/aromatic N) is 2. The zero-order valence-electron chi connectivity index (χ0n) is 9.02. The van der Waals surface area contributed by atoms with Crippen molar-refractivity contribution in [3.8, 4) is 0 Å². The molecule has 0 bridgehead atoms. The highest BCUT2D eigenvalue weighted by Gasteiger charge is 2.08. The highest BCUT2D eigenvalue weighted by atomic mass is 35.5. The lowest BCUT2D eigenvalue weighted by atomic mass is 10.2. The van der Waals surface area contributed by atoms with E-state index in [0.29, 0.717) is 17.1 Å². The summed E-state index contributed by atoms with van der Waals surface area (Å²) in [5.41, 5.74) is 6.52. The van der Waals surface area contributed by atoms with Crippen molar-refractivity contribution in [2.45, 2.75) is 0 Å². The van der Waals surface area contributed by atoms with Gasteiger partial charge in [-0.3, -0.25) is 0 Å². The van der Waals surface area contributed by atoms with Crippen LogP contribution in [-0.4, -0.2) is 15.2 Å². The SMILES string of the molecule is NC(=S)c1ccnnc1Nc1cc(F)cc(Cl)c1. The summed E-state index contributed by atoms with van der Waals surface area (Å²) in [4.78, 5) is 0.176. The topological polar surface area (TPSA) is 63.8 Å². The van der Waals surface area contributed by atoms with Gasteiger partial charge in [-0.15, -0.1) is 5.10 Å². The summed E-state index contributed by atoms with van der Waals surface area (Å²) in [6.07, 6.45) is 1.47. The number of benzene rings is 1. The molecule has 3 N–H and O–H groups in total. The molecule has 4 nitrogen and oxygen atoms in total. The van der Waals surface area contributed by atoms with Gasteiger partial charge in [0.1, 0.15) is 10.8 Å². The van der Waals surface area contributed by atoms with Gasteiger partial charge >= 0.3 is 0 Å². The molecule has 1 heterocycles. The number of hydrogen-bond donors (Lipinski definition) is 2. The quantitative estimate of drug-likeness (QED) is 0.848. The predicted molar refractivity (Wildman–Crippen MR) is 72.6 cm³/mol. The Balaban J connectivity index is 2.37. The van der Waals surface area contributed by atoms with Gasteiger partial charge in [-0.2, -0.15) is 5.10 Å². The number of nitrogens with two attached hydrogens (primary N) is 1. The molecule has 7 heteroatoms. The van der Waals surface area contributed by atoms with E-state index in [1.54, 1.807) is 12.1 Å². The summed E-state index contributed by atoms with van der Waals surface area (Å²) in [5, 5.41) is 10.7. The Morgan fingerprint density at radius 1 is 1.39 bits per heavy atom. The zero-order chi connectivity index (χ0) is 13.1. The van der Waals surface area contributed by atoms with E-state index >= 15 is 0 Å². The number of aromatic nitrogens is 2. The first-order valence-corrected chi connectivity index (χ1v) is 5.69. The summed E-state index contributed by atoms with van der Waals surface area (Å²) in [6, 6.07) is 5.67. The van der Waals surface area contributed by atoms with Crippen LogP contribution >= 0.6 is 23.8 Å². The van der Waals surface area contributed by atoms with Gasteiger partial charge in [0, 0.05) is 10.7 Å². The van der Waals surface area contributed by atoms with E-state index in [1.165, 1.54) is 18.3 Å². The second-order valence-electron chi connectivity index (χ2n) is 3.44. The number of nitrogens with one attached hydrogen (secondary N) is 1. The maximum Gasteiger partial charge on any atom is 0.163 e. The molecule has 1 aromatic carbocycles. The van der Waals surface area contributed by atoms with Crippen LogP contribution in [0.2, 0.25) is 5.02 Å². The Hall–Kier alpha value is -1.79. The van der Waals surface area contributed by atoms with Gasteiger partial charge < -0.3 is 11.1 Å². The van der Waals surface area contributed by atoms with Crippen LogP contribution in [0.15, 0.2) is 30.5 Å². The first kappa shape index (κ1) is 12.7. The molecule has 1 aromatic heterocycles. The third-order valence-electron chi connectivity index (χ3n) is 2.11. The Kier molecular flexibility index (Phi) is 3.69. The Morgan fingerprint density at radius 2 is 2.17 bits per heavy atom. The van der Waals surface area contributed by atoms with E-state index in [9.17, 15) is 4.39 Å². The van der Waals surface area contributed by atoms with Crippen molar-refractivity contribution in [1.29, 1.82) is 0 Å². The number of rotatable bonds is 3. The Labute approximate surface area is 113 Å². The third kappa shape index (κ3) is 2.91. The van der Waals surface area contributed by atoms with Gasteiger partial charge in [-0.1, -0.05) is 23.8 Å². The van der Waals surface area contributed by atoms with Gasteiger partial charge in [-0.05, 0) is 24.3 Å². The lowest BCUT2D eigenvalue weighted by Crippen LogP contribution is -2.13. The van der Waals surface area contributed by atoms with Crippen LogP contribution in [-0.2, 0) is 0 Å². The molecule has 0 amide bonds. The average Bonchev–Trinajstić information content (AvgIpc) is 2.27. The number of halogens is 2. The summed E-state index contributed by atoms with van der Waals surface area (Å²) >= 11 is 10.6. The second kappa shape index (κ2) is 5.24. The maximum absolute atomic E-state index is 13.2. The van der Waals surface area contributed by atoms with Gasteiger partial charge in [0.2, 0.25) is 0 Å². The highest BCUT2D eigenvalue weighted by molar-refractivity contribution is 7.80. The van der Waals surface area contributed by atoms with Crippen molar-refractivity contribution < 1.29 is 4.39 Å². The van der Waals surface area contributed by atoms with Crippen molar-refractivity contribution in [1.82, 2.24) is 10.2 Å². The minimum Gasteiger partial charge on any atom is -0.389 e. The lowest BCUT2D eigenvalue weighted by Gasteiger charge is -2.09. The van der Waals surface area contributed by atoms with E-state index in [4.69, 9.17) is 29.6 Å². The van der Waals surface area contributed by atoms with Crippen LogP contribution in [0.1, 0.15) is 5.56 Å². The maximum atomic E-state index is 13.2. The zero-order valence-corrected chi connectivity index (χ0v) is 10.6. The van der Waals surface area contributed by atoms with Crippen molar-refractivity contribution in [3.63, 3.8) is 0 Å². The lowest BCUT2D eigenvalue weighted by molar-refractivity contribution is 0.628. The minimum absolute atomic E-state index is 0.176. The van der Waals surface area contributed by atoms with Gasteiger partial charge in [0.05, 0.1) is 11.8 Å². The molecular weight excluding hydrogens is 275 g/mol. The number of anilines is 2. The normalized spacial score (nSPS) is 10.1. The Bertz CT molecular complexity index is 585. The fourth-order valence-corrected chi connectivity index (χ4v) is 1.77. The summed E-state index contributed by atoms with van der Waals surface area (Å²) in [5.74, 6) is -0.0996. The van der Waals surface area contributed by atoms with Crippen molar-refractivity contribution in [3.05, 3.63) is 46.9 Å². The smallest absolute Gasteiger partial charge is 0.163 e. The fourth-order valence-electron chi connectivity index (χ4n) is 1.39. The summed E-state index contributed by atoms with van der Waals surface area (Å²) < 4.78 is 13.2. The second-order valence-corrected chi connectivity index (χ2v) is 4.32. The van der Waals surface area contributed by atoms with E-state index < -0.39 is 5.82 Å². The van der Waals surface area contributed by atoms with Gasteiger partial charge in [0.15, 0.2) is 5.82 Å². The highest BCUT2D eigenvalue weighted by Crippen LogP contribution is 2.22. The van der Waals surface area contributed by atoms with E-state index in [-0.39, 0.29) is 10.0 Å². The molecule has 2 aromatic rings. The summed E-state index contributed by atoms with van der Waals surface area (Å²) in [7, 11) is 0. The molecule has 0 aliphatic heterocycles. The number of thiocarbonyl (C=S) groups is 1. The molecule has 0 radical (unpaired) electrons. The molecule has 0 saturated carbocycles. The predicted octanol–water partition coefficient (Wildman–Crippen LogP) is 2.65. The average molecular weight is 283 g/mol. The monoisotopic (exact) mass is 282 g/mol. The molecule has 18 heavy (non-hydrogen) atoms. The van der Waals surface area contributed by atoms with Crippen LogP contribution < -0.4 is 11.1 Å². The van der Waals surface area contributed by atoms with E-state index in [0.717, 1.165) is 0 Å². The van der Waals surface area contributed by atoms with Crippen molar-refractivity contribution in [2.24, 2.45) is 5.73 Å². The largest absolute Gasteiger partial charge is 0.389 e. The molecule has 0 aliphatic carbocycles. The molecule has 0 aliphatic rings. The standard InChI is InChI=1S/C11H8ClFN4S/c12-6-3-7(13)5-8(4-6)16-11-9(10(14)18)1-2-15-17-11/h1-5H,(H2,14,18)(H,16,17). The fraction of sp³-hybridized carbons (Fsp3) is 0. The van der Waals surface area contributed by atoms with Crippen molar-refractivity contribution >= 4 is 40.3 Å². The molecule has 0 fully saturated rings. The Morgan fingerprint density at radius 3 is 2.83 bits per heavy atom. The van der Waals surface area contributed by atoms with Crippen LogP contribution in [0.4, 0.5) is 15.9 Å². The number of hydrogen-bond acceptors (Lipinski definition) is 4. The third-order valence-corrected chi connectivity index (χ3v) is 2.55. The molecule has 92 valence electrons. The molecular formula is C11H8ClFN4S. The minimum atomic E-state index is -0.453. The molecule has 0 saturated heterocycles. The van der Waals surface area contributed by atoms with Gasteiger partial charge in [0.25, 0.3) is 0 Å². The first-order valence-electron chi connectivity index (χ1n) is 4.91. The summed E-state index contributed by atoms with van der Waals surface area (Å²) in [6.45, 7) is 0. The van der Waals surface area contributed by atoms with E-state index in [1.807, 2.05) is 0 Å².